The molecule has 0 N–H and O–H groups in total. The van der Waals surface area contributed by atoms with E-state index < -0.39 is 7.82 Å². The Bertz CT molecular complexity index is 624. The maximum Gasteiger partial charge on any atom is 1.00 e. The molecule has 24 heavy (non-hydrogen) atoms. The Labute approximate surface area is 166 Å². The standard InChI is InChI=1S/C18H23O4P.Na/c1-13(2)15-5-9-17(10-6-15)21-23(19,20)22-18-11-7-16(8-12-18)14(3)4;/h5-14H,1-4H3,(H,19,20);/q;+1/p-1. The van der Waals surface area contributed by atoms with Gasteiger partial charge in [-0.3, -0.25) is 0 Å². The fourth-order valence-corrected chi connectivity index (χ4v) is 2.90. The molecule has 2 rings (SSSR count). The first-order chi connectivity index (χ1) is 10.8. The second kappa shape index (κ2) is 9.07. The van der Waals surface area contributed by atoms with Crippen molar-refractivity contribution >= 4 is 7.82 Å². The van der Waals surface area contributed by atoms with E-state index in [0.29, 0.717) is 11.8 Å². The molecule has 6 heteroatoms. The van der Waals surface area contributed by atoms with Crippen LogP contribution in [0.4, 0.5) is 0 Å². The van der Waals surface area contributed by atoms with Crippen molar-refractivity contribution in [2.75, 3.05) is 0 Å². The molecule has 0 amide bonds. The molecule has 0 unspecified atom stereocenters. The summed E-state index contributed by atoms with van der Waals surface area (Å²) in [6.07, 6.45) is 0. The first-order valence-corrected chi connectivity index (χ1v) is 9.13. The number of phosphoric ester groups is 1. The van der Waals surface area contributed by atoms with Gasteiger partial charge >= 0.3 is 37.4 Å². The van der Waals surface area contributed by atoms with Gasteiger partial charge in [0.2, 0.25) is 0 Å². The molecule has 0 fully saturated rings. The van der Waals surface area contributed by atoms with Crippen LogP contribution < -0.4 is 43.5 Å². The molecule has 2 aromatic rings. The summed E-state index contributed by atoms with van der Waals surface area (Å²) in [6, 6.07) is 13.9. The van der Waals surface area contributed by atoms with Crippen molar-refractivity contribution in [1.82, 2.24) is 0 Å². The Balaban J connectivity index is 0.00000288. The maximum atomic E-state index is 12.0. The molecule has 0 aromatic heterocycles. The molecule has 0 aliphatic carbocycles. The monoisotopic (exact) mass is 356 g/mol. The van der Waals surface area contributed by atoms with Crippen molar-refractivity contribution in [3.63, 3.8) is 0 Å². The van der Waals surface area contributed by atoms with Crippen LogP contribution in [0.1, 0.15) is 50.7 Å². The average Bonchev–Trinajstić information content (AvgIpc) is 2.47. The van der Waals surface area contributed by atoms with Crippen LogP contribution in [0.3, 0.4) is 0 Å². The zero-order valence-corrected chi connectivity index (χ0v) is 17.7. The number of hydrogen-bond donors (Lipinski definition) is 0. The zero-order chi connectivity index (χ0) is 17.0. The first-order valence-electron chi connectivity index (χ1n) is 7.67. The first kappa shape index (κ1) is 21.3. The van der Waals surface area contributed by atoms with Crippen LogP contribution in [-0.4, -0.2) is 0 Å². The average molecular weight is 356 g/mol. The van der Waals surface area contributed by atoms with Gasteiger partial charge < -0.3 is 13.9 Å². The predicted octanol–water partition coefficient (Wildman–Crippen LogP) is 1.86. The van der Waals surface area contributed by atoms with E-state index in [0.717, 1.165) is 11.1 Å². The van der Waals surface area contributed by atoms with Crippen LogP contribution >= 0.6 is 7.82 Å². The fourth-order valence-electron chi connectivity index (χ4n) is 2.10. The van der Waals surface area contributed by atoms with Gasteiger partial charge in [0.15, 0.2) is 0 Å². The smallest absolute Gasteiger partial charge is 0.736 e. The second-order valence-corrected chi connectivity index (χ2v) is 7.34. The minimum absolute atomic E-state index is 0. The van der Waals surface area contributed by atoms with Gasteiger partial charge in [-0.2, -0.15) is 0 Å². The number of benzene rings is 2. The molecular formula is C18H22NaO4P. The van der Waals surface area contributed by atoms with E-state index in [9.17, 15) is 9.46 Å². The minimum Gasteiger partial charge on any atom is -0.736 e. The molecular weight excluding hydrogens is 334 g/mol. The van der Waals surface area contributed by atoms with Gasteiger partial charge in [0.05, 0.1) is 0 Å². The molecule has 2 aromatic carbocycles. The van der Waals surface area contributed by atoms with Crippen LogP contribution in [0.25, 0.3) is 0 Å². The predicted molar refractivity (Wildman–Crippen MR) is 89.9 cm³/mol. The molecule has 0 saturated carbocycles. The third-order valence-corrected chi connectivity index (χ3v) is 4.40. The molecule has 0 atom stereocenters. The van der Waals surface area contributed by atoms with Crippen LogP contribution in [0.5, 0.6) is 11.5 Å². The van der Waals surface area contributed by atoms with Crippen LogP contribution in [-0.2, 0) is 4.57 Å². The normalized spacial score (nSPS) is 11.3. The summed E-state index contributed by atoms with van der Waals surface area (Å²) in [7, 11) is -4.46. The molecule has 0 saturated heterocycles. The van der Waals surface area contributed by atoms with Crippen LogP contribution in [0.2, 0.25) is 0 Å². The Morgan fingerprint density at radius 3 is 1.29 bits per heavy atom. The molecule has 0 aliphatic heterocycles. The second-order valence-electron chi connectivity index (χ2n) is 6.08. The summed E-state index contributed by atoms with van der Waals surface area (Å²) in [4.78, 5) is 12.0. The Hall–Kier alpha value is -0.770. The van der Waals surface area contributed by atoms with Gasteiger partial charge in [0.25, 0.3) is 0 Å². The van der Waals surface area contributed by atoms with E-state index in [4.69, 9.17) is 9.05 Å². The molecule has 0 heterocycles. The van der Waals surface area contributed by atoms with Crippen LogP contribution in [0.15, 0.2) is 48.5 Å². The van der Waals surface area contributed by atoms with Gasteiger partial charge in [-0.1, -0.05) is 52.0 Å². The number of phosphoric acid groups is 1. The van der Waals surface area contributed by atoms with Crippen molar-refractivity contribution < 1.29 is 48.1 Å². The summed E-state index contributed by atoms with van der Waals surface area (Å²) >= 11 is 0. The van der Waals surface area contributed by atoms with Crippen molar-refractivity contribution in [3.8, 4) is 11.5 Å². The van der Waals surface area contributed by atoms with Crippen molar-refractivity contribution in [1.29, 1.82) is 0 Å². The Morgan fingerprint density at radius 1 is 0.750 bits per heavy atom. The molecule has 0 spiro atoms. The number of hydrogen-bond acceptors (Lipinski definition) is 4. The molecule has 0 radical (unpaired) electrons. The SMILES string of the molecule is CC(C)c1ccc(OP(=O)([O-])Oc2ccc(C(C)C)cc2)cc1.[Na+]. The molecule has 0 aliphatic rings. The summed E-state index contributed by atoms with van der Waals surface area (Å²) in [5.74, 6) is 1.23. The van der Waals surface area contributed by atoms with Gasteiger partial charge in [-0.05, 0) is 47.2 Å². The van der Waals surface area contributed by atoms with E-state index in [1.165, 1.54) is 0 Å². The third-order valence-electron chi connectivity index (χ3n) is 3.53. The van der Waals surface area contributed by atoms with E-state index in [1.54, 1.807) is 24.3 Å². The summed E-state index contributed by atoms with van der Waals surface area (Å²) in [5, 5.41) is 0. The molecule has 0 bridgehead atoms. The van der Waals surface area contributed by atoms with Gasteiger partial charge in [-0.25, -0.2) is 4.57 Å². The van der Waals surface area contributed by atoms with Gasteiger partial charge in [0, 0.05) is 0 Å². The Morgan fingerprint density at radius 2 is 1.04 bits per heavy atom. The largest absolute Gasteiger partial charge is 1.00 e. The molecule has 124 valence electrons. The van der Waals surface area contributed by atoms with Gasteiger partial charge in [-0.15, -0.1) is 0 Å². The fraction of sp³-hybridized carbons (Fsp3) is 0.333. The van der Waals surface area contributed by atoms with Crippen molar-refractivity contribution in [2.45, 2.75) is 39.5 Å². The Kier molecular flexibility index (Phi) is 8.04. The molecule has 4 nitrogen and oxygen atoms in total. The zero-order valence-electron chi connectivity index (χ0n) is 14.9. The van der Waals surface area contributed by atoms with E-state index in [-0.39, 0.29) is 41.1 Å². The maximum absolute atomic E-state index is 12.0. The summed E-state index contributed by atoms with van der Waals surface area (Å²) in [5.41, 5.74) is 2.23. The summed E-state index contributed by atoms with van der Waals surface area (Å²) < 4.78 is 22.0. The summed E-state index contributed by atoms with van der Waals surface area (Å²) in [6.45, 7) is 8.27. The van der Waals surface area contributed by atoms with Crippen molar-refractivity contribution in [3.05, 3.63) is 59.7 Å². The quantitative estimate of drug-likeness (QED) is 0.586. The minimum atomic E-state index is -4.46. The number of rotatable bonds is 6. The van der Waals surface area contributed by atoms with E-state index in [2.05, 4.69) is 27.7 Å². The third kappa shape index (κ3) is 6.27. The van der Waals surface area contributed by atoms with E-state index >= 15 is 0 Å². The van der Waals surface area contributed by atoms with Crippen molar-refractivity contribution in [2.24, 2.45) is 0 Å². The topological polar surface area (TPSA) is 58.6 Å². The van der Waals surface area contributed by atoms with E-state index in [1.807, 2.05) is 24.3 Å². The van der Waals surface area contributed by atoms with Gasteiger partial charge in [0.1, 0.15) is 11.5 Å². The van der Waals surface area contributed by atoms with Crippen LogP contribution in [0, 0.1) is 0 Å².